The van der Waals surface area contributed by atoms with Crippen LogP contribution in [0.2, 0.25) is 0 Å². The highest BCUT2D eigenvalue weighted by atomic mass is 19.4. The third kappa shape index (κ3) is 3.73. The lowest BCUT2D eigenvalue weighted by Crippen LogP contribution is -2.16. The summed E-state index contributed by atoms with van der Waals surface area (Å²) in [5, 5.41) is 2.70. The van der Waals surface area contributed by atoms with Gasteiger partial charge in [-0.1, -0.05) is 0 Å². The van der Waals surface area contributed by atoms with E-state index >= 15 is 0 Å². The van der Waals surface area contributed by atoms with E-state index < -0.39 is 17.7 Å². The van der Waals surface area contributed by atoms with Crippen LogP contribution in [0.25, 0.3) is 0 Å². The van der Waals surface area contributed by atoms with Crippen molar-refractivity contribution in [3.63, 3.8) is 0 Å². The van der Waals surface area contributed by atoms with Crippen LogP contribution >= 0.6 is 0 Å². The number of anilines is 1. The molecule has 0 spiro atoms. The zero-order valence-electron chi connectivity index (χ0n) is 12.4. The summed E-state index contributed by atoms with van der Waals surface area (Å²) in [7, 11) is 0. The number of fused-ring (bicyclic) bond motifs is 1. The second-order valence-corrected chi connectivity index (χ2v) is 5.10. The zero-order valence-corrected chi connectivity index (χ0v) is 12.4. The maximum absolute atomic E-state index is 13.6. The van der Waals surface area contributed by atoms with Gasteiger partial charge in [0.1, 0.15) is 17.3 Å². The Kier molecular flexibility index (Phi) is 4.52. The van der Waals surface area contributed by atoms with Crippen LogP contribution in [0.15, 0.2) is 24.4 Å². The molecule has 0 unspecified atom stereocenters. The molecule has 1 aromatic heterocycles. The van der Waals surface area contributed by atoms with Crippen molar-refractivity contribution in [3.8, 4) is 5.75 Å². The van der Waals surface area contributed by atoms with E-state index in [0.29, 0.717) is 23.3 Å². The van der Waals surface area contributed by atoms with Gasteiger partial charge in [-0.25, -0.2) is 14.4 Å². The van der Waals surface area contributed by atoms with E-state index in [1.54, 1.807) is 0 Å². The summed E-state index contributed by atoms with van der Waals surface area (Å²) < 4.78 is 61.9. The number of nitrogens with zero attached hydrogens (tertiary/aromatic N) is 2. The number of halogens is 4. The second-order valence-electron chi connectivity index (χ2n) is 5.10. The van der Waals surface area contributed by atoms with Gasteiger partial charge in [0.25, 0.3) is 0 Å². The van der Waals surface area contributed by atoms with E-state index in [1.165, 1.54) is 12.1 Å². The predicted molar refractivity (Wildman–Crippen MR) is 75.9 cm³/mol. The molecule has 0 fully saturated rings. The molecule has 1 aliphatic rings. The molecule has 0 saturated carbocycles. The zero-order chi connectivity index (χ0) is 17.2. The number of alkyl halides is 3. The first-order valence-electron chi connectivity index (χ1n) is 7.09. The second kappa shape index (κ2) is 6.60. The number of benzene rings is 1. The minimum atomic E-state index is -4.53. The first-order valence-corrected chi connectivity index (χ1v) is 7.09. The van der Waals surface area contributed by atoms with E-state index in [4.69, 9.17) is 9.47 Å². The first kappa shape index (κ1) is 16.4. The van der Waals surface area contributed by atoms with Crippen LogP contribution in [-0.2, 0) is 23.9 Å². The Morgan fingerprint density at radius 3 is 2.88 bits per heavy atom. The van der Waals surface area contributed by atoms with Gasteiger partial charge in [-0.3, -0.25) is 0 Å². The number of rotatable bonds is 4. The Labute approximate surface area is 134 Å². The average Bonchev–Trinajstić information content (AvgIpc) is 2.54. The van der Waals surface area contributed by atoms with E-state index in [1.807, 2.05) is 0 Å². The molecule has 2 aromatic rings. The Bertz CT molecular complexity index is 737. The lowest BCUT2D eigenvalue weighted by Gasteiger charge is -2.21. The van der Waals surface area contributed by atoms with Gasteiger partial charge >= 0.3 is 6.18 Å². The summed E-state index contributed by atoms with van der Waals surface area (Å²) in [6, 6.07) is 3.46. The van der Waals surface area contributed by atoms with Gasteiger partial charge < -0.3 is 14.8 Å². The van der Waals surface area contributed by atoms with Gasteiger partial charge in [0.15, 0.2) is 6.79 Å². The normalized spacial score (nSPS) is 14.0. The van der Waals surface area contributed by atoms with E-state index in [9.17, 15) is 17.6 Å². The van der Waals surface area contributed by atoms with Crippen molar-refractivity contribution in [2.45, 2.75) is 19.2 Å². The van der Waals surface area contributed by atoms with Crippen LogP contribution in [0.1, 0.15) is 16.8 Å². The molecule has 0 saturated heterocycles. The molecule has 1 N–H and O–H groups in total. The van der Waals surface area contributed by atoms with Crippen LogP contribution in [0.4, 0.5) is 23.5 Å². The Morgan fingerprint density at radius 1 is 1.25 bits per heavy atom. The quantitative estimate of drug-likeness (QED) is 0.865. The van der Waals surface area contributed by atoms with Crippen LogP contribution in [0.3, 0.4) is 0 Å². The fraction of sp³-hybridized carbons (Fsp3) is 0.333. The molecular formula is C15H13F4N3O2. The minimum Gasteiger partial charge on any atom is -0.467 e. The molecule has 2 heterocycles. The summed E-state index contributed by atoms with van der Waals surface area (Å²) in [5.41, 5.74) is 0.183. The minimum absolute atomic E-state index is 0.0792. The Hall–Kier alpha value is -2.42. The molecule has 0 bridgehead atoms. The van der Waals surface area contributed by atoms with Gasteiger partial charge in [-0.15, -0.1) is 0 Å². The fourth-order valence-electron chi connectivity index (χ4n) is 2.35. The molecule has 0 radical (unpaired) electrons. The largest absolute Gasteiger partial charge is 0.467 e. The number of ether oxygens (including phenoxy) is 2. The highest BCUT2D eigenvalue weighted by Crippen LogP contribution is 2.30. The molecule has 24 heavy (non-hydrogen) atoms. The van der Waals surface area contributed by atoms with E-state index in [0.717, 1.165) is 12.3 Å². The molecule has 3 rings (SSSR count). The third-order valence-corrected chi connectivity index (χ3v) is 3.38. The van der Waals surface area contributed by atoms with Gasteiger partial charge in [0.05, 0.1) is 6.61 Å². The van der Waals surface area contributed by atoms with Crippen molar-refractivity contribution < 1.29 is 27.0 Å². The van der Waals surface area contributed by atoms with Gasteiger partial charge in [-0.2, -0.15) is 13.2 Å². The molecule has 0 amide bonds. The first-order chi connectivity index (χ1) is 11.4. The highest BCUT2D eigenvalue weighted by molar-refractivity contribution is 5.43. The molecule has 0 atom stereocenters. The summed E-state index contributed by atoms with van der Waals surface area (Å²) in [6.45, 7) is 0.557. The van der Waals surface area contributed by atoms with Crippen LogP contribution in [0, 0.1) is 5.82 Å². The average molecular weight is 343 g/mol. The number of aromatic nitrogens is 2. The number of hydrogen-bond acceptors (Lipinski definition) is 5. The van der Waals surface area contributed by atoms with E-state index in [-0.39, 0.29) is 25.9 Å². The van der Waals surface area contributed by atoms with Gasteiger partial charge in [0, 0.05) is 18.3 Å². The molecule has 128 valence electrons. The molecule has 5 nitrogen and oxygen atoms in total. The van der Waals surface area contributed by atoms with E-state index in [2.05, 4.69) is 15.3 Å². The SMILES string of the molecule is Fc1cc(CCNc2nccc(C(F)(F)F)n2)c2c(c1)COCO2. The van der Waals surface area contributed by atoms with Crippen LogP contribution in [0.5, 0.6) is 5.75 Å². The summed E-state index contributed by atoms with van der Waals surface area (Å²) >= 11 is 0. The lowest BCUT2D eigenvalue weighted by molar-refractivity contribution is -0.141. The van der Waals surface area contributed by atoms with Crippen molar-refractivity contribution in [3.05, 3.63) is 47.0 Å². The van der Waals surface area contributed by atoms with Crippen molar-refractivity contribution in [1.29, 1.82) is 0 Å². The van der Waals surface area contributed by atoms with Crippen molar-refractivity contribution in [2.24, 2.45) is 0 Å². The smallest absolute Gasteiger partial charge is 0.433 e. The molecule has 1 aromatic carbocycles. The highest BCUT2D eigenvalue weighted by Gasteiger charge is 2.32. The Morgan fingerprint density at radius 2 is 2.08 bits per heavy atom. The maximum Gasteiger partial charge on any atom is 0.433 e. The topological polar surface area (TPSA) is 56.3 Å². The monoisotopic (exact) mass is 343 g/mol. The molecular weight excluding hydrogens is 330 g/mol. The number of hydrogen-bond donors (Lipinski definition) is 1. The Balaban J connectivity index is 1.68. The van der Waals surface area contributed by atoms with Crippen molar-refractivity contribution >= 4 is 5.95 Å². The lowest BCUT2D eigenvalue weighted by atomic mass is 10.1. The van der Waals surface area contributed by atoms with Crippen LogP contribution < -0.4 is 10.1 Å². The van der Waals surface area contributed by atoms with Crippen LogP contribution in [-0.4, -0.2) is 23.3 Å². The standard InChI is InChI=1S/C15H13F4N3O2/c16-11-5-9(13-10(6-11)7-23-8-24-13)1-3-20-14-21-4-2-12(22-14)15(17,18)19/h2,4-6H,1,3,7-8H2,(H,20,21,22). The van der Waals surface area contributed by atoms with Crippen molar-refractivity contribution in [1.82, 2.24) is 9.97 Å². The molecule has 1 aliphatic heterocycles. The van der Waals surface area contributed by atoms with Gasteiger partial charge in [-0.05, 0) is 30.2 Å². The predicted octanol–water partition coefficient (Wildman–Crippen LogP) is 3.16. The summed E-state index contributed by atoms with van der Waals surface area (Å²) in [6.07, 6.45) is -3.17. The van der Waals surface area contributed by atoms with Crippen molar-refractivity contribution in [2.75, 3.05) is 18.7 Å². The molecule has 0 aliphatic carbocycles. The number of nitrogens with one attached hydrogen (secondary N) is 1. The molecule has 9 heteroatoms. The fourth-order valence-corrected chi connectivity index (χ4v) is 2.35. The maximum atomic E-state index is 13.6. The summed E-state index contributed by atoms with van der Waals surface area (Å²) in [5.74, 6) is -0.0121. The van der Waals surface area contributed by atoms with Gasteiger partial charge in [0.2, 0.25) is 5.95 Å². The summed E-state index contributed by atoms with van der Waals surface area (Å²) in [4.78, 5) is 7.15. The third-order valence-electron chi connectivity index (χ3n) is 3.38.